The molecule has 0 fully saturated rings. The van der Waals surface area contributed by atoms with Gasteiger partial charge >= 0.3 is 0 Å². The molecule has 0 atom stereocenters. The third-order valence-corrected chi connectivity index (χ3v) is 11.5. The molecular formula is C52H32N2O. The van der Waals surface area contributed by atoms with Crippen LogP contribution in [0.5, 0.6) is 0 Å². The summed E-state index contributed by atoms with van der Waals surface area (Å²) in [6.07, 6.45) is 0. The lowest BCUT2D eigenvalue weighted by Gasteiger charge is -2.14. The zero-order valence-corrected chi connectivity index (χ0v) is 29.8. The normalized spacial score (nSPS) is 12.0. The van der Waals surface area contributed by atoms with Gasteiger partial charge in [0.1, 0.15) is 11.2 Å². The zero-order chi connectivity index (χ0) is 36.0. The Morgan fingerprint density at radius 3 is 1.80 bits per heavy atom. The number of para-hydroxylation sites is 3. The van der Waals surface area contributed by atoms with Crippen molar-refractivity contribution < 1.29 is 4.42 Å². The lowest BCUT2D eigenvalue weighted by molar-refractivity contribution is 0.669. The Labute approximate surface area is 316 Å². The van der Waals surface area contributed by atoms with Crippen molar-refractivity contribution in [1.82, 2.24) is 9.13 Å². The van der Waals surface area contributed by atoms with E-state index in [0.717, 1.165) is 27.6 Å². The SMILES string of the molecule is c1ccc(-c2ccccc2-n2c3ccccc3c3cc(-c4ccc5c(c4)c4ccc6ccccc6c4n5-c4cccc5oc6ccccc6c45)ccc32)cc1. The molecule has 12 aromatic rings. The number of hydrogen-bond acceptors (Lipinski definition) is 1. The average molecular weight is 701 g/mol. The van der Waals surface area contributed by atoms with Crippen molar-refractivity contribution >= 4 is 76.3 Å². The van der Waals surface area contributed by atoms with E-state index in [1.165, 1.54) is 82.3 Å². The molecule has 0 amide bonds. The third kappa shape index (κ3) is 4.38. The summed E-state index contributed by atoms with van der Waals surface area (Å²) in [6.45, 7) is 0. The highest BCUT2D eigenvalue weighted by Gasteiger charge is 2.21. The van der Waals surface area contributed by atoms with Crippen molar-refractivity contribution in [2.24, 2.45) is 0 Å². The van der Waals surface area contributed by atoms with Gasteiger partial charge in [-0.15, -0.1) is 0 Å². The minimum Gasteiger partial charge on any atom is -0.456 e. The Morgan fingerprint density at radius 1 is 0.327 bits per heavy atom. The van der Waals surface area contributed by atoms with Gasteiger partial charge in [0.2, 0.25) is 0 Å². The molecule has 0 radical (unpaired) electrons. The Morgan fingerprint density at radius 2 is 0.945 bits per heavy atom. The summed E-state index contributed by atoms with van der Waals surface area (Å²) in [7, 11) is 0. The number of hydrogen-bond donors (Lipinski definition) is 0. The van der Waals surface area contributed by atoms with Gasteiger partial charge in [0.05, 0.1) is 38.8 Å². The lowest BCUT2D eigenvalue weighted by atomic mass is 10.00. The summed E-state index contributed by atoms with van der Waals surface area (Å²) in [5.41, 5.74) is 13.7. The molecule has 0 saturated heterocycles. The van der Waals surface area contributed by atoms with Crippen LogP contribution in [0.4, 0.5) is 0 Å². The maximum atomic E-state index is 6.39. The number of benzene rings is 9. The summed E-state index contributed by atoms with van der Waals surface area (Å²) in [4.78, 5) is 0. The van der Waals surface area contributed by atoms with Crippen LogP contribution < -0.4 is 0 Å². The molecule has 3 heteroatoms. The van der Waals surface area contributed by atoms with Crippen molar-refractivity contribution in [2.45, 2.75) is 0 Å². The van der Waals surface area contributed by atoms with Crippen LogP contribution in [0.1, 0.15) is 0 Å². The maximum Gasteiger partial charge on any atom is 0.137 e. The van der Waals surface area contributed by atoms with E-state index >= 15 is 0 Å². The van der Waals surface area contributed by atoms with Crippen LogP contribution >= 0.6 is 0 Å². The molecule has 0 aliphatic carbocycles. The first-order chi connectivity index (χ1) is 27.3. The summed E-state index contributed by atoms with van der Waals surface area (Å²) >= 11 is 0. The van der Waals surface area contributed by atoms with Crippen LogP contribution in [0, 0.1) is 0 Å². The van der Waals surface area contributed by atoms with Crippen molar-refractivity contribution in [2.75, 3.05) is 0 Å². The van der Waals surface area contributed by atoms with E-state index in [0.29, 0.717) is 0 Å². The van der Waals surface area contributed by atoms with Crippen LogP contribution in [-0.4, -0.2) is 9.13 Å². The van der Waals surface area contributed by atoms with E-state index in [-0.39, 0.29) is 0 Å². The molecule has 0 aliphatic heterocycles. The minimum absolute atomic E-state index is 0.893. The number of fused-ring (bicyclic) bond motifs is 11. The lowest BCUT2D eigenvalue weighted by Crippen LogP contribution is -1.97. The fraction of sp³-hybridized carbons (Fsp3) is 0. The highest BCUT2D eigenvalue weighted by atomic mass is 16.3. The van der Waals surface area contributed by atoms with Gasteiger partial charge in [-0.05, 0) is 76.7 Å². The fourth-order valence-electron chi connectivity index (χ4n) is 9.10. The molecule has 0 bridgehead atoms. The summed E-state index contributed by atoms with van der Waals surface area (Å²) in [5.74, 6) is 0. The molecule has 3 heterocycles. The average Bonchev–Trinajstić information content (AvgIpc) is 3.91. The number of furan rings is 1. The van der Waals surface area contributed by atoms with Gasteiger partial charge in [-0.3, -0.25) is 0 Å². The number of aromatic nitrogens is 2. The second-order valence-electron chi connectivity index (χ2n) is 14.5. The molecule has 0 spiro atoms. The molecular weight excluding hydrogens is 669 g/mol. The van der Waals surface area contributed by atoms with Gasteiger partial charge in [-0.25, -0.2) is 0 Å². The molecule has 55 heavy (non-hydrogen) atoms. The van der Waals surface area contributed by atoms with Gasteiger partial charge < -0.3 is 13.6 Å². The molecule has 12 rings (SSSR count). The molecule has 9 aromatic carbocycles. The molecule has 0 N–H and O–H groups in total. The molecule has 0 unspecified atom stereocenters. The van der Waals surface area contributed by atoms with E-state index in [2.05, 4.69) is 197 Å². The van der Waals surface area contributed by atoms with E-state index in [4.69, 9.17) is 4.42 Å². The van der Waals surface area contributed by atoms with E-state index in [1.807, 2.05) is 6.07 Å². The summed E-state index contributed by atoms with van der Waals surface area (Å²) < 4.78 is 11.3. The first-order valence-corrected chi connectivity index (χ1v) is 18.9. The zero-order valence-electron chi connectivity index (χ0n) is 29.8. The largest absolute Gasteiger partial charge is 0.456 e. The van der Waals surface area contributed by atoms with Gasteiger partial charge in [0.25, 0.3) is 0 Å². The minimum atomic E-state index is 0.893. The molecule has 0 aliphatic rings. The highest BCUT2D eigenvalue weighted by Crippen LogP contribution is 2.43. The summed E-state index contributed by atoms with van der Waals surface area (Å²) in [5, 5.41) is 9.64. The van der Waals surface area contributed by atoms with Gasteiger partial charge in [0.15, 0.2) is 0 Å². The summed E-state index contributed by atoms with van der Waals surface area (Å²) in [6, 6.07) is 70.3. The Hall–Kier alpha value is -7.36. The van der Waals surface area contributed by atoms with E-state index in [9.17, 15) is 0 Å². The Bertz CT molecular complexity index is 3490. The van der Waals surface area contributed by atoms with Crippen molar-refractivity contribution in [3.63, 3.8) is 0 Å². The Balaban J connectivity index is 1.10. The first kappa shape index (κ1) is 30.1. The van der Waals surface area contributed by atoms with E-state index < -0.39 is 0 Å². The number of rotatable bonds is 4. The third-order valence-electron chi connectivity index (χ3n) is 11.5. The Kier molecular flexibility index (Phi) is 6.34. The predicted octanol–water partition coefficient (Wildman–Crippen LogP) is 14.3. The molecule has 256 valence electrons. The fourth-order valence-corrected chi connectivity index (χ4v) is 9.10. The van der Waals surface area contributed by atoms with Crippen molar-refractivity contribution in [1.29, 1.82) is 0 Å². The van der Waals surface area contributed by atoms with Crippen molar-refractivity contribution in [3.05, 3.63) is 194 Å². The molecule has 3 aromatic heterocycles. The quantitative estimate of drug-likeness (QED) is 0.179. The molecule has 3 nitrogen and oxygen atoms in total. The van der Waals surface area contributed by atoms with Gasteiger partial charge in [0, 0.05) is 37.9 Å². The highest BCUT2D eigenvalue weighted by molar-refractivity contribution is 6.21. The van der Waals surface area contributed by atoms with Crippen LogP contribution in [0.2, 0.25) is 0 Å². The number of nitrogens with zero attached hydrogens (tertiary/aromatic N) is 2. The van der Waals surface area contributed by atoms with Crippen LogP contribution in [0.3, 0.4) is 0 Å². The standard InChI is InChI=1S/C52H32N2O/c1-2-13-33(14-3-1)37-16-6-9-20-44(37)53-45-21-10-7-18-39(45)42-31-35(26-29-46(42)53)36-27-30-47-43(32-36)40-28-25-34-15-4-5-17-38(34)52(40)54(47)48-22-12-24-50-51(48)41-19-8-11-23-49(41)55-50/h1-32H. The van der Waals surface area contributed by atoms with Gasteiger partial charge in [-0.1, -0.05) is 140 Å². The smallest absolute Gasteiger partial charge is 0.137 e. The predicted molar refractivity (Wildman–Crippen MR) is 231 cm³/mol. The van der Waals surface area contributed by atoms with Crippen LogP contribution in [0.25, 0.3) is 110 Å². The van der Waals surface area contributed by atoms with Crippen LogP contribution in [0.15, 0.2) is 199 Å². The van der Waals surface area contributed by atoms with Crippen LogP contribution in [-0.2, 0) is 0 Å². The second-order valence-corrected chi connectivity index (χ2v) is 14.5. The topological polar surface area (TPSA) is 23.0 Å². The second kappa shape index (κ2) is 11.6. The van der Waals surface area contributed by atoms with Gasteiger partial charge in [-0.2, -0.15) is 0 Å². The molecule has 0 saturated carbocycles. The maximum absolute atomic E-state index is 6.39. The monoisotopic (exact) mass is 700 g/mol. The van der Waals surface area contributed by atoms with E-state index in [1.54, 1.807) is 0 Å². The van der Waals surface area contributed by atoms with Crippen molar-refractivity contribution in [3.8, 4) is 33.6 Å². The first-order valence-electron chi connectivity index (χ1n) is 18.9.